The van der Waals surface area contributed by atoms with E-state index >= 15 is 0 Å². The van der Waals surface area contributed by atoms with Gasteiger partial charge in [-0.2, -0.15) is 0 Å². The second-order valence-electron chi connectivity index (χ2n) is 6.25. The third-order valence-electron chi connectivity index (χ3n) is 4.40. The zero-order valence-electron chi connectivity index (χ0n) is 12.9. The molecule has 0 saturated carbocycles. The Morgan fingerprint density at radius 2 is 1.81 bits per heavy atom. The Kier molecular flexibility index (Phi) is 4.60. The van der Waals surface area contributed by atoms with Crippen LogP contribution < -0.4 is 14.8 Å². The second kappa shape index (κ2) is 6.45. The number of nitrogens with one attached hydrogen (secondary N) is 1. The summed E-state index contributed by atoms with van der Waals surface area (Å²) in [6.07, 6.45) is 3.23. The van der Waals surface area contributed by atoms with E-state index in [1.165, 1.54) is 11.1 Å². The fraction of sp³-hybridized carbons (Fsp3) is 0.647. The van der Waals surface area contributed by atoms with Crippen LogP contribution in [0.25, 0.3) is 0 Å². The lowest BCUT2D eigenvalue weighted by atomic mass is 9.83. The Balaban J connectivity index is 2.10. The topological polar surface area (TPSA) is 30.5 Å². The van der Waals surface area contributed by atoms with Crippen molar-refractivity contribution in [1.82, 2.24) is 5.32 Å². The van der Waals surface area contributed by atoms with Crippen LogP contribution in [0.5, 0.6) is 11.5 Å². The first-order valence-corrected chi connectivity index (χ1v) is 8.39. The lowest BCUT2D eigenvalue weighted by Gasteiger charge is -2.28. The molecule has 0 atom stereocenters. The number of benzene rings is 1. The van der Waals surface area contributed by atoms with Crippen LogP contribution in [-0.4, -0.2) is 26.3 Å². The van der Waals surface area contributed by atoms with E-state index in [1.54, 1.807) is 0 Å². The predicted molar refractivity (Wildman–Crippen MR) is 86.0 cm³/mol. The molecule has 0 bridgehead atoms. The van der Waals surface area contributed by atoms with E-state index in [0.29, 0.717) is 30.1 Å². The van der Waals surface area contributed by atoms with E-state index in [0.717, 1.165) is 43.9 Å². The van der Waals surface area contributed by atoms with E-state index in [1.807, 2.05) is 0 Å². The van der Waals surface area contributed by atoms with E-state index in [4.69, 9.17) is 21.1 Å². The number of rotatable bonds is 2. The summed E-state index contributed by atoms with van der Waals surface area (Å²) in [6.45, 7) is 7.99. The maximum atomic E-state index is 6.50. The molecule has 116 valence electrons. The molecule has 3 rings (SSSR count). The summed E-state index contributed by atoms with van der Waals surface area (Å²) in [5, 5.41) is 4.13. The van der Waals surface area contributed by atoms with Crippen LogP contribution in [0.4, 0.5) is 0 Å². The highest BCUT2D eigenvalue weighted by Crippen LogP contribution is 2.47. The van der Waals surface area contributed by atoms with Crippen molar-refractivity contribution in [3.05, 3.63) is 22.2 Å². The predicted octanol–water partition coefficient (Wildman–Crippen LogP) is 4.09. The minimum atomic E-state index is 0.405. The minimum Gasteiger partial charge on any atom is -0.489 e. The molecule has 2 aliphatic heterocycles. The highest BCUT2D eigenvalue weighted by Gasteiger charge is 2.28. The van der Waals surface area contributed by atoms with Gasteiger partial charge in [0, 0.05) is 12.0 Å². The number of fused-ring (bicyclic) bond motifs is 1. The Hall–Kier alpha value is -0.930. The van der Waals surface area contributed by atoms with Crippen LogP contribution in [0.1, 0.15) is 56.1 Å². The van der Waals surface area contributed by atoms with Crippen molar-refractivity contribution >= 4 is 11.6 Å². The van der Waals surface area contributed by atoms with Gasteiger partial charge in [-0.05, 0) is 49.4 Å². The fourth-order valence-corrected chi connectivity index (χ4v) is 3.65. The van der Waals surface area contributed by atoms with Crippen molar-refractivity contribution in [2.45, 2.75) is 44.9 Å². The Bertz CT molecular complexity index is 510. The van der Waals surface area contributed by atoms with E-state index < -0.39 is 0 Å². The fourth-order valence-electron chi connectivity index (χ4n) is 3.39. The molecule has 21 heavy (non-hydrogen) atoms. The number of halogens is 1. The maximum Gasteiger partial charge on any atom is 0.180 e. The van der Waals surface area contributed by atoms with Crippen molar-refractivity contribution in [2.75, 3.05) is 26.3 Å². The summed E-state index contributed by atoms with van der Waals surface area (Å²) in [4.78, 5) is 0. The van der Waals surface area contributed by atoms with Gasteiger partial charge in [0.15, 0.2) is 11.5 Å². The molecule has 0 spiro atoms. The highest BCUT2D eigenvalue weighted by molar-refractivity contribution is 6.32. The molecular weight excluding hydrogens is 286 g/mol. The van der Waals surface area contributed by atoms with Gasteiger partial charge in [0.05, 0.1) is 18.2 Å². The number of piperidine rings is 1. The van der Waals surface area contributed by atoms with Gasteiger partial charge in [-0.25, -0.2) is 0 Å². The standard InChI is InChI=1S/C17H24ClNO2/c1-11(2)15-13(12-4-6-19-7-5-12)10-14(18)16-17(15)21-9-3-8-20-16/h10-12,19H,3-9H2,1-2H3. The molecule has 2 heterocycles. The largest absolute Gasteiger partial charge is 0.489 e. The van der Waals surface area contributed by atoms with Gasteiger partial charge >= 0.3 is 0 Å². The molecule has 0 radical (unpaired) electrons. The smallest absolute Gasteiger partial charge is 0.180 e. The van der Waals surface area contributed by atoms with Crippen molar-refractivity contribution < 1.29 is 9.47 Å². The molecule has 0 aromatic heterocycles. The summed E-state index contributed by atoms with van der Waals surface area (Å²) >= 11 is 6.50. The summed E-state index contributed by atoms with van der Waals surface area (Å²) in [5.74, 6) is 2.61. The molecule has 1 N–H and O–H groups in total. The van der Waals surface area contributed by atoms with Crippen LogP contribution in [0.15, 0.2) is 6.07 Å². The zero-order chi connectivity index (χ0) is 14.8. The van der Waals surface area contributed by atoms with Gasteiger partial charge in [-0.15, -0.1) is 0 Å². The summed E-state index contributed by atoms with van der Waals surface area (Å²) in [7, 11) is 0. The van der Waals surface area contributed by atoms with Gasteiger partial charge in [0.25, 0.3) is 0 Å². The molecule has 0 unspecified atom stereocenters. The van der Waals surface area contributed by atoms with Gasteiger partial charge < -0.3 is 14.8 Å². The van der Waals surface area contributed by atoms with Gasteiger partial charge in [-0.3, -0.25) is 0 Å². The molecule has 3 nitrogen and oxygen atoms in total. The minimum absolute atomic E-state index is 0.405. The first-order chi connectivity index (χ1) is 10.2. The normalized spacial score (nSPS) is 19.6. The Morgan fingerprint density at radius 1 is 1.14 bits per heavy atom. The molecule has 1 aromatic carbocycles. The molecule has 1 fully saturated rings. The third kappa shape index (κ3) is 3.00. The highest BCUT2D eigenvalue weighted by atomic mass is 35.5. The molecule has 2 aliphatic rings. The maximum absolute atomic E-state index is 6.50. The molecule has 4 heteroatoms. The average molecular weight is 310 g/mol. The van der Waals surface area contributed by atoms with Crippen LogP contribution in [-0.2, 0) is 0 Å². The number of hydrogen-bond donors (Lipinski definition) is 1. The van der Waals surface area contributed by atoms with Crippen LogP contribution in [0.3, 0.4) is 0 Å². The first-order valence-electron chi connectivity index (χ1n) is 8.01. The summed E-state index contributed by atoms with van der Waals surface area (Å²) in [5.41, 5.74) is 2.66. The lowest BCUT2D eigenvalue weighted by Crippen LogP contribution is -2.27. The average Bonchev–Trinajstić information content (AvgIpc) is 2.73. The van der Waals surface area contributed by atoms with E-state index in [9.17, 15) is 0 Å². The molecular formula is C17H24ClNO2. The lowest BCUT2D eigenvalue weighted by molar-refractivity contribution is 0.295. The van der Waals surface area contributed by atoms with Gasteiger partial charge in [0.2, 0.25) is 0 Å². The Morgan fingerprint density at radius 3 is 2.48 bits per heavy atom. The van der Waals surface area contributed by atoms with E-state index in [2.05, 4.69) is 25.2 Å². The molecule has 1 aromatic rings. The second-order valence-corrected chi connectivity index (χ2v) is 6.66. The van der Waals surface area contributed by atoms with Gasteiger partial charge in [-0.1, -0.05) is 25.4 Å². The van der Waals surface area contributed by atoms with Crippen molar-refractivity contribution in [2.24, 2.45) is 0 Å². The van der Waals surface area contributed by atoms with E-state index in [-0.39, 0.29) is 0 Å². The third-order valence-corrected chi connectivity index (χ3v) is 4.68. The Labute approximate surface area is 132 Å². The zero-order valence-corrected chi connectivity index (χ0v) is 13.6. The summed E-state index contributed by atoms with van der Waals surface area (Å²) < 4.78 is 11.9. The van der Waals surface area contributed by atoms with Crippen molar-refractivity contribution in [3.63, 3.8) is 0 Å². The molecule has 1 saturated heterocycles. The van der Waals surface area contributed by atoms with Crippen LogP contribution in [0.2, 0.25) is 5.02 Å². The SMILES string of the molecule is CC(C)c1c(C2CCNCC2)cc(Cl)c2c1OCCCO2. The number of hydrogen-bond acceptors (Lipinski definition) is 3. The quantitative estimate of drug-likeness (QED) is 0.892. The monoisotopic (exact) mass is 309 g/mol. The van der Waals surface area contributed by atoms with Crippen molar-refractivity contribution in [3.8, 4) is 11.5 Å². The number of ether oxygens (including phenoxy) is 2. The molecule has 0 aliphatic carbocycles. The first kappa shape index (κ1) is 15.0. The van der Waals surface area contributed by atoms with Crippen molar-refractivity contribution in [1.29, 1.82) is 0 Å². The van der Waals surface area contributed by atoms with Gasteiger partial charge in [0.1, 0.15) is 0 Å². The van der Waals surface area contributed by atoms with Crippen LogP contribution >= 0.6 is 11.6 Å². The molecule has 0 amide bonds. The summed E-state index contributed by atoms with van der Waals surface area (Å²) in [6, 6.07) is 2.13. The van der Waals surface area contributed by atoms with Crippen LogP contribution in [0, 0.1) is 0 Å².